The van der Waals surface area contributed by atoms with E-state index in [0.717, 1.165) is 41.4 Å². The second-order valence-electron chi connectivity index (χ2n) is 10.1. The Morgan fingerprint density at radius 2 is 1.86 bits per heavy atom. The largest absolute Gasteiger partial charge is 0.464 e. The molecular weight excluding hydrogens is 457 g/mol. The van der Waals surface area contributed by atoms with Gasteiger partial charge in [0.05, 0.1) is 11.8 Å². The topological polar surface area (TPSA) is 68.3 Å². The van der Waals surface area contributed by atoms with Gasteiger partial charge in [0.2, 0.25) is 5.91 Å². The summed E-state index contributed by atoms with van der Waals surface area (Å²) in [7, 11) is 0. The molecule has 184 valence electrons. The van der Waals surface area contributed by atoms with Gasteiger partial charge in [-0.05, 0) is 80.5 Å². The lowest BCUT2D eigenvalue weighted by Crippen LogP contribution is -2.33. The number of likely N-dealkylation sites (tertiary alicyclic amines) is 1. The third-order valence-electron chi connectivity index (χ3n) is 7.60. The highest BCUT2D eigenvalue weighted by Crippen LogP contribution is 2.34. The molecule has 1 aliphatic carbocycles. The standard InChI is InChI=1S/C29H28FN3O3/c1-17-18(2)31-27(33(28(17)34)16-19-9-11-32(15-19)29(35)20-3-4-20)24-7-5-22(14-25(24)30)21-6-8-26-23(13-21)10-12-36-26/h5-8,10,12-14,19-20H,3-4,9,11,15-16H2,1-2H3. The highest BCUT2D eigenvalue weighted by atomic mass is 19.1. The molecule has 0 N–H and O–H groups in total. The molecule has 0 spiro atoms. The van der Waals surface area contributed by atoms with Crippen LogP contribution >= 0.6 is 0 Å². The van der Waals surface area contributed by atoms with E-state index in [1.807, 2.05) is 35.2 Å². The smallest absolute Gasteiger partial charge is 0.256 e. The Labute approximate surface area is 208 Å². The maximum absolute atomic E-state index is 15.6. The second kappa shape index (κ2) is 8.73. The summed E-state index contributed by atoms with van der Waals surface area (Å²) in [5.41, 5.74) is 3.70. The third-order valence-corrected chi connectivity index (χ3v) is 7.60. The molecule has 0 radical (unpaired) electrons. The van der Waals surface area contributed by atoms with Crippen LogP contribution in [-0.2, 0) is 11.3 Å². The molecule has 7 heteroatoms. The monoisotopic (exact) mass is 485 g/mol. The molecule has 3 heterocycles. The summed E-state index contributed by atoms with van der Waals surface area (Å²) in [6, 6.07) is 12.7. The van der Waals surface area contributed by atoms with Crippen molar-refractivity contribution < 1.29 is 13.6 Å². The number of amides is 1. The molecule has 1 unspecified atom stereocenters. The number of hydrogen-bond donors (Lipinski definition) is 0. The summed E-state index contributed by atoms with van der Waals surface area (Å²) in [5, 5.41) is 0.951. The number of carbonyl (C=O) groups excluding carboxylic acids is 1. The Hall–Kier alpha value is -3.74. The van der Waals surface area contributed by atoms with Gasteiger partial charge in [-0.3, -0.25) is 14.2 Å². The lowest BCUT2D eigenvalue weighted by molar-refractivity contribution is -0.131. The number of nitrogens with zero attached hydrogens (tertiary/aromatic N) is 3. The van der Waals surface area contributed by atoms with Crippen LogP contribution in [-0.4, -0.2) is 33.4 Å². The lowest BCUT2D eigenvalue weighted by Gasteiger charge is -2.20. The first-order chi connectivity index (χ1) is 17.4. The number of rotatable bonds is 5. The fourth-order valence-corrected chi connectivity index (χ4v) is 5.18. The molecule has 1 saturated carbocycles. The number of carbonyl (C=O) groups is 1. The van der Waals surface area contributed by atoms with Crippen molar-refractivity contribution in [2.24, 2.45) is 11.8 Å². The number of benzene rings is 2. The van der Waals surface area contributed by atoms with Crippen molar-refractivity contribution in [2.45, 2.75) is 39.7 Å². The van der Waals surface area contributed by atoms with Crippen LogP contribution in [0.2, 0.25) is 0 Å². The van der Waals surface area contributed by atoms with Crippen LogP contribution in [0.5, 0.6) is 0 Å². The summed E-state index contributed by atoms with van der Waals surface area (Å²) in [4.78, 5) is 32.4. The van der Waals surface area contributed by atoms with Crippen molar-refractivity contribution in [3.63, 3.8) is 0 Å². The zero-order valence-electron chi connectivity index (χ0n) is 20.5. The lowest BCUT2D eigenvalue weighted by atomic mass is 10.0. The van der Waals surface area contributed by atoms with Gasteiger partial charge in [-0.1, -0.05) is 12.1 Å². The van der Waals surface area contributed by atoms with Gasteiger partial charge in [-0.2, -0.15) is 0 Å². The van der Waals surface area contributed by atoms with Crippen LogP contribution in [0.4, 0.5) is 4.39 Å². The summed E-state index contributed by atoms with van der Waals surface area (Å²) in [6.07, 6.45) is 4.43. The van der Waals surface area contributed by atoms with E-state index in [1.54, 1.807) is 30.7 Å². The average Bonchev–Trinajstić information content (AvgIpc) is 3.43. The summed E-state index contributed by atoms with van der Waals surface area (Å²) < 4.78 is 22.6. The van der Waals surface area contributed by atoms with Crippen molar-refractivity contribution in [2.75, 3.05) is 13.1 Å². The number of hydrogen-bond acceptors (Lipinski definition) is 4. The minimum Gasteiger partial charge on any atom is -0.464 e. The van der Waals surface area contributed by atoms with Crippen LogP contribution in [0.25, 0.3) is 33.5 Å². The highest BCUT2D eigenvalue weighted by molar-refractivity contribution is 5.84. The fraction of sp³-hybridized carbons (Fsp3) is 0.345. The second-order valence-corrected chi connectivity index (χ2v) is 10.1. The van der Waals surface area contributed by atoms with Gasteiger partial charge in [0.1, 0.15) is 17.2 Å². The normalized spacial score (nSPS) is 17.8. The first-order valence-electron chi connectivity index (χ1n) is 12.5. The Morgan fingerprint density at radius 3 is 2.64 bits per heavy atom. The first kappa shape index (κ1) is 22.7. The van der Waals surface area contributed by atoms with Gasteiger partial charge in [0.25, 0.3) is 5.56 Å². The minimum absolute atomic E-state index is 0.136. The Morgan fingerprint density at radius 1 is 1.08 bits per heavy atom. The van der Waals surface area contributed by atoms with Gasteiger partial charge in [0, 0.05) is 42.2 Å². The van der Waals surface area contributed by atoms with Crippen molar-refractivity contribution >= 4 is 16.9 Å². The Balaban J connectivity index is 1.34. The molecule has 1 atom stereocenters. The number of fused-ring (bicyclic) bond motifs is 1. The summed E-state index contributed by atoms with van der Waals surface area (Å²) in [6.45, 7) is 5.30. The minimum atomic E-state index is -0.430. The molecule has 2 aromatic carbocycles. The maximum Gasteiger partial charge on any atom is 0.256 e. The van der Waals surface area contributed by atoms with E-state index >= 15 is 4.39 Å². The molecule has 6 rings (SSSR count). The highest BCUT2D eigenvalue weighted by Gasteiger charge is 2.37. The molecule has 2 aliphatic rings. The van der Waals surface area contributed by atoms with Gasteiger partial charge in [-0.25, -0.2) is 9.37 Å². The van der Waals surface area contributed by atoms with Gasteiger partial charge >= 0.3 is 0 Å². The van der Waals surface area contributed by atoms with Crippen molar-refractivity contribution in [1.29, 1.82) is 0 Å². The van der Waals surface area contributed by atoms with E-state index < -0.39 is 5.82 Å². The van der Waals surface area contributed by atoms with Gasteiger partial charge < -0.3 is 9.32 Å². The molecule has 1 aliphatic heterocycles. The molecule has 4 aromatic rings. The molecule has 6 nitrogen and oxygen atoms in total. The SMILES string of the molecule is Cc1nc(-c2ccc(-c3ccc4occc4c3)cc2F)n(CC2CCN(C(=O)C3CC3)C2)c(=O)c1C. The van der Waals surface area contributed by atoms with E-state index in [2.05, 4.69) is 4.98 Å². The predicted octanol–water partition coefficient (Wildman–Crippen LogP) is 5.34. The van der Waals surface area contributed by atoms with E-state index in [0.29, 0.717) is 42.3 Å². The molecular formula is C29H28FN3O3. The van der Waals surface area contributed by atoms with Crippen LogP contribution in [0.15, 0.2) is 57.9 Å². The number of aromatic nitrogens is 2. The van der Waals surface area contributed by atoms with Gasteiger partial charge in [0.15, 0.2) is 0 Å². The van der Waals surface area contributed by atoms with E-state index in [-0.39, 0.29) is 23.3 Å². The maximum atomic E-state index is 15.6. The predicted molar refractivity (Wildman–Crippen MR) is 136 cm³/mol. The van der Waals surface area contributed by atoms with E-state index in [1.165, 1.54) is 6.07 Å². The average molecular weight is 486 g/mol. The zero-order valence-corrected chi connectivity index (χ0v) is 20.5. The fourth-order valence-electron chi connectivity index (χ4n) is 5.18. The van der Waals surface area contributed by atoms with Crippen molar-refractivity contribution in [1.82, 2.24) is 14.5 Å². The molecule has 1 saturated heterocycles. The first-order valence-corrected chi connectivity index (χ1v) is 12.5. The van der Waals surface area contributed by atoms with Crippen molar-refractivity contribution in [3.8, 4) is 22.5 Å². The summed E-state index contributed by atoms with van der Waals surface area (Å²) in [5.74, 6) is 0.466. The molecule has 0 bridgehead atoms. The zero-order chi connectivity index (χ0) is 25.0. The third kappa shape index (κ3) is 4.02. The molecule has 36 heavy (non-hydrogen) atoms. The van der Waals surface area contributed by atoms with Crippen LogP contribution in [0.3, 0.4) is 0 Å². The Bertz CT molecular complexity index is 1550. The quantitative estimate of drug-likeness (QED) is 0.383. The van der Waals surface area contributed by atoms with Crippen LogP contribution in [0.1, 0.15) is 30.5 Å². The molecule has 2 aromatic heterocycles. The number of halogens is 1. The molecule has 1 amide bonds. The summed E-state index contributed by atoms with van der Waals surface area (Å²) >= 11 is 0. The van der Waals surface area contributed by atoms with Crippen LogP contribution < -0.4 is 5.56 Å². The van der Waals surface area contributed by atoms with E-state index in [9.17, 15) is 9.59 Å². The van der Waals surface area contributed by atoms with Crippen LogP contribution in [0, 0.1) is 31.5 Å². The Kier molecular flexibility index (Phi) is 5.51. The number of furan rings is 1. The van der Waals surface area contributed by atoms with Gasteiger partial charge in [-0.15, -0.1) is 0 Å². The number of aryl methyl sites for hydroxylation is 1. The van der Waals surface area contributed by atoms with E-state index in [4.69, 9.17) is 4.42 Å². The molecule has 2 fully saturated rings. The van der Waals surface area contributed by atoms with Crippen molar-refractivity contribution in [3.05, 3.63) is 76.2 Å².